The maximum Gasteiger partial charge on any atom is 0.313 e. The predicted molar refractivity (Wildman–Crippen MR) is 106 cm³/mol. The van der Waals surface area contributed by atoms with E-state index in [0.717, 1.165) is 36.5 Å². The van der Waals surface area contributed by atoms with Crippen LogP contribution in [0.1, 0.15) is 41.9 Å². The molecule has 0 amide bonds. The number of thioether (sulfide) groups is 1. The Bertz CT molecular complexity index is 971. The number of methoxy groups -OCH3 is 1. The number of H-pyrrole nitrogens is 1. The standard InChI is InChI=1S/C22H23NO4S/c1-25-20(24)22-6-9-28-19(22)21(5-4-15(22)14-11-23-12-16(14)21)13-2-3-17-18(10-13)27-8-7-26-17/h2-3,10-12,15,19,23H,4-9H2,1H3. The summed E-state index contributed by atoms with van der Waals surface area (Å²) in [5, 5.41) is 0.178. The summed E-state index contributed by atoms with van der Waals surface area (Å²) in [4.78, 5) is 16.6. The second kappa shape index (κ2) is 5.72. The smallest absolute Gasteiger partial charge is 0.313 e. The van der Waals surface area contributed by atoms with E-state index < -0.39 is 5.41 Å². The number of esters is 1. The van der Waals surface area contributed by atoms with Gasteiger partial charge in [-0.3, -0.25) is 4.79 Å². The number of aromatic nitrogens is 1. The highest BCUT2D eigenvalue weighted by atomic mass is 32.2. The molecule has 28 heavy (non-hydrogen) atoms. The lowest BCUT2D eigenvalue weighted by atomic mass is 9.46. The molecule has 1 aromatic carbocycles. The van der Waals surface area contributed by atoms with Crippen LogP contribution in [-0.2, 0) is 14.9 Å². The van der Waals surface area contributed by atoms with Gasteiger partial charge >= 0.3 is 5.97 Å². The maximum absolute atomic E-state index is 13.2. The van der Waals surface area contributed by atoms with Gasteiger partial charge in [0.1, 0.15) is 13.2 Å². The molecule has 3 heterocycles. The zero-order chi connectivity index (χ0) is 18.9. The molecular formula is C22H23NO4S. The van der Waals surface area contributed by atoms with Crippen molar-refractivity contribution < 1.29 is 19.0 Å². The van der Waals surface area contributed by atoms with Gasteiger partial charge in [-0.1, -0.05) is 6.07 Å². The second-order valence-corrected chi connectivity index (χ2v) is 9.49. The van der Waals surface area contributed by atoms with E-state index in [1.54, 1.807) is 0 Å². The van der Waals surface area contributed by atoms with E-state index in [9.17, 15) is 4.79 Å². The van der Waals surface area contributed by atoms with Crippen LogP contribution in [0.25, 0.3) is 0 Å². The molecule has 1 saturated carbocycles. The van der Waals surface area contributed by atoms with Crippen LogP contribution in [0.15, 0.2) is 30.6 Å². The fraction of sp³-hybridized carbons (Fsp3) is 0.500. The molecule has 2 bridgehead atoms. The fourth-order valence-corrected chi connectivity index (χ4v) is 8.43. The summed E-state index contributed by atoms with van der Waals surface area (Å²) >= 11 is 1.94. The Labute approximate surface area is 168 Å². The molecule has 146 valence electrons. The van der Waals surface area contributed by atoms with E-state index in [0.29, 0.717) is 13.2 Å². The van der Waals surface area contributed by atoms with Gasteiger partial charge in [0, 0.05) is 29.0 Å². The maximum atomic E-state index is 13.2. The molecule has 2 aliphatic heterocycles. The zero-order valence-corrected chi connectivity index (χ0v) is 16.6. The average molecular weight is 397 g/mol. The number of carbonyl (C=O) groups excluding carboxylic acids is 1. The Hall–Kier alpha value is -2.08. The van der Waals surface area contributed by atoms with E-state index >= 15 is 0 Å². The molecule has 1 saturated heterocycles. The number of hydrogen-bond donors (Lipinski definition) is 1. The third-order valence-corrected chi connectivity index (χ3v) is 9.02. The lowest BCUT2D eigenvalue weighted by Crippen LogP contribution is -2.60. The number of ether oxygens (including phenoxy) is 3. The molecule has 0 spiro atoms. The molecule has 7 rings (SSSR count). The van der Waals surface area contributed by atoms with Crippen LogP contribution in [0, 0.1) is 5.41 Å². The quantitative estimate of drug-likeness (QED) is 0.784. The number of aromatic amines is 1. The Morgan fingerprint density at radius 1 is 1.21 bits per heavy atom. The van der Waals surface area contributed by atoms with E-state index in [1.807, 2.05) is 17.8 Å². The summed E-state index contributed by atoms with van der Waals surface area (Å²) in [6, 6.07) is 6.36. The molecule has 6 heteroatoms. The minimum atomic E-state index is -0.444. The lowest BCUT2D eigenvalue weighted by Gasteiger charge is -2.58. The topological polar surface area (TPSA) is 60.6 Å². The van der Waals surface area contributed by atoms with E-state index in [1.165, 1.54) is 23.8 Å². The van der Waals surface area contributed by atoms with E-state index in [4.69, 9.17) is 14.2 Å². The van der Waals surface area contributed by atoms with Gasteiger partial charge in [-0.05, 0) is 53.8 Å². The normalized spacial score (nSPS) is 34.6. The van der Waals surface area contributed by atoms with Gasteiger partial charge in [0.05, 0.1) is 12.5 Å². The SMILES string of the molecule is COC(=O)C12CCSC1C1(c3ccc4c(c3)OCCO4)CCC2c2c[nH]cc21. The highest BCUT2D eigenvalue weighted by Crippen LogP contribution is 2.71. The van der Waals surface area contributed by atoms with Crippen molar-refractivity contribution in [2.75, 3.05) is 26.1 Å². The van der Waals surface area contributed by atoms with Crippen molar-refractivity contribution in [1.82, 2.24) is 4.98 Å². The van der Waals surface area contributed by atoms with Crippen LogP contribution in [0.3, 0.4) is 0 Å². The molecular weight excluding hydrogens is 374 g/mol. The number of hydrogen-bond acceptors (Lipinski definition) is 5. The monoisotopic (exact) mass is 397 g/mol. The van der Waals surface area contributed by atoms with E-state index in [2.05, 4.69) is 29.5 Å². The first kappa shape index (κ1) is 16.8. The van der Waals surface area contributed by atoms with Gasteiger partial charge in [-0.15, -0.1) is 0 Å². The number of carbonyl (C=O) groups is 1. The lowest BCUT2D eigenvalue weighted by molar-refractivity contribution is -0.157. The first-order valence-corrected chi connectivity index (χ1v) is 11.0. The van der Waals surface area contributed by atoms with Crippen molar-refractivity contribution in [3.63, 3.8) is 0 Å². The molecule has 0 radical (unpaired) electrons. The van der Waals surface area contributed by atoms with Gasteiger partial charge in [0.2, 0.25) is 0 Å². The van der Waals surface area contributed by atoms with Crippen molar-refractivity contribution in [3.8, 4) is 11.5 Å². The molecule has 4 atom stereocenters. The van der Waals surface area contributed by atoms with Crippen LogP contribution in [0.4, 0.5) is 0 Å². The number of benzene rings is 1. The average Bonchev–Trinajstić information content (AvgIpc) is 3.42. The van der Waals surface area contributed by atoms with Crippen LogP contribution in [0.5, 0.6) is 11.5 Å². The zero-order valence-electron chi connectivity index (χ0n) is 15.8. The summed E-state index contributed by atoms with van der Waals surface area (Å²) in [6.45, 7) is 1.16. The Morgan fingerprint density at radius 2 is 2.07 bits per heavy atom. The third kappa shape index (κ3) is 1.83. The van der Waals surface area contributed by atoms with Crippen molar-refractivity contribution in [1.29, 1.82) is 0 Å². The first-order chi connectivity index (χ1) is 13.7. The predicted octanol–water partition coefficient (Wildman–Crippen LogP) is 3.63. The minimum absolute atomic E-state index is 0.0408. The largest absolute Gasteiger partial charge is 0.486 e. The molecule has 5 nitrogen and oxygen atoms in total. The molecule has 1 aromatic heterocycles. The molecule has 2 fully saturated rings. The number of rotatable bonds is 2. The first-order valence-electron chi connectivity index (χ1n) is 9.99. The van der Waals surface area contributed by atoms with Crippen molar-refractivity contribution in [3.05, 3.63) is 47.3 Å². The number of nitrogens with one attached hydrogen (secondary N) is 1. The highest BCUT2D eigenvalue weighted by molar-refractivity contribution is 8.00. The molecule has 3 aliphatic carbocycles. The Kier molecular flexibility index (Phi) is 3.44. The van der Waals surface area contributed by atoms with Crippen LogP contribution < -0.4 is 9.47 Å². The second-order valence-electron chi connectivity index (χ2n) is 8.28. The molecule has 1 N–H and O–H groups in total. The van der Waals surface area contributed by atoms with Crippen molar-refractivity contribution in [2.24, 2.45) is 5.41 Å². The van der Waals surface area contributed by atoms with Gasteiger partial charge < -0.3 is 19.2 Å². The molecule has 2 aromatic rings. The molecule has 5 aliphatic rings. The Morgan fingerprint density at radius 3 is 2.93 bits per heavy atom. The Balaban J connectivity index is 1.61. The van der Waals surface area contributed by atoms with Crippen molar-refractivity contribution in [2.45, 2.75) is 35.8 Å². The van der Waals surface area contributed by atoms with Gasteiger partial charge in [0.15, 0.2) is 11.5 Å². The van der Waals surface area contributed by atoms with Gasteiger partial charge in [-0.2, -0.15) is 11.8 Å². The highest BCUT2D eigenvalue weighted by Gasteiger charge is 2.70. The minimum Gasteiger partial charge on any atom is -0.486 e. The van der Waals surface area contributed by atoms with E-state index in [-0.39, 0.29) is 22.6 Å². The molecule has 4 unspecified atom stereocenters. The summed E-state index contributed by atoms with van der Waals surface area (Å²) in [5.74, 6) is 2.82. The van der Waals surface area contributed by atoms with Gasteiger partial charge in [-0.25, -0.2) is 0 Å². The summed E-state index contributed by atoms with van der Waals surface area (Å²) < 4.78 is 17.1. The fourth-order valence-electron chi connectivity index (χ4n) is 6.40. The van der Waals surface area contributed by atoms with Crippen LogP contribution >= 0.6 is 11.8 Å². The van der Waals surface area contributed by atoms with Crippen LogP contribution in [-0.4, -0.2) is 42.3 Å². The number of fused-ring (bicyclic) bond motifs is 2. The summed E-state index contributed by atoms with van der Waals surface area (Å²) in [6.07, 6.45) is 7.19. The summed E-state index contributed by atoms with van der Waals surface area (Å²) in [5.41, 5.74) is 3.21. The van der Waals surface area contributed by atoms with Crippen LogP contribution in [0.2, 0.25) is 0 Å². The summed E-state index contributed by atoms with van der Waals surface area (Å²) in [7, 11) is 1.54. The van der Waals surface area contributed by atoms with Gasteiger partial charge in [0.25, 0.3) is 0 Å². The third-order valence-electron chi connectivity index (χ3n) is 7.42. The van der Waals surface area contributed by atoms with Crippen molar-refractivity contribution >= 4 is 17.7 Å².